The summed E-state index contributed by atoms with van der Waals surface area (Å²) in [4.78, 5) is 18.7. The van der Waals surface area contributed by atoms with Crippen molar-refractivity contribution in [2.45, 2.75) is 44.7 Å². The third-order valence-corrected chi connectivity index (χ3v) is 6.72. The van der Waals surface area contributed by atoms with E-state index in [1.165, 1.54) is 0 Å². The molecule has 1 unspecified atom stereocenters. The maximum absolute atomic E-state index is 12.8. The van der Waals surface area contributed by atoms with Gasteiger partial charge in [-0.15, -0.1) is 12.4 Å². The lowest BCUT2D eigenvalue weighted by atomic mass is 9.88. The van der Waals surface area contributed by atoms with Gasteiger partial charge in [-0.3, -0.25) is 4.79 Å². The Balaban J connectivity index is 0.00000261. The van der Waals surface area contributed by atoms with Crippen LogP contribution in [-0.4, -0.2) is 60.2 Å². The number of amides is 1. The van der Waals surface area contributed by atoms with Crippen LogP contribution in [0.5, 0.6) is 0 Å². The molecule has 1 aliphatic heterocycles. The van der Waals surface area contributed by atoms with Crippen LogP contribution in [0.4, 0.5) is 0 Å². The highest BCUT2D eigenvalue weighted by molar-refractivity contribution is 7.90. The summed E-state index contributed by atoms with van der Waals surface area (Å²) in [6, 6.07) is -0.292. The highest BCUT2D eigenvalue weighted by atomic mass is 35.5. The number of piperazine rings is 1. The van der Waals surface area contributed by atoms with Crippen molar-refractivity contribution in [3.63, 3.8) is 0 Å². The van der Waals surface area contributed by atoms with Crippen LogP contribution in [0.1, 0.15) is 44.5 Å². The first-order chi connectivity index (χ1) is 12.4. The number of nitrogens with one attached hydrogen (secondary N) is 2. The first-order valence-corrected chi connectivity index (χ1v) is 11.0. The Hall–Kier alpha value is -1.16. The Bertz CT molecular complexity index is 731. The van der Waals surface area contributed by atoms with Crippen molar-refractivity contribution in [2.75, 3.05) is 25.4 Å². The van der Waals surface area contributed by atoms with Crippen molar-refractivity contribution in [1.29, 1.82) is 0 Å². The second-order valence-electron chi connectivity index (χ2n) is 7.54. The second-order valence-corrected chi connectivity index (χ2v) is 9.29. The maximum Gasteiger partial charge on any atom is 0.239 e. The average Bonchev–Trinajstić information content (AvgIpc) is 3.02. The van der Waals surface area contributed by atoms with Gasteiger partial charge in [0.15, 0.2) is 0 Å². The lowest BCUT2D eigenvalue weighted by molar-refractivity contribution is -0.132. The minimum absolute atomic E-state index is 0. The van der Waals surface area contributed by atoms with Crippen LogP contribution in [0.15, 0.2) is 12.4 Å². The van der Waals surface area contributed by atoms with Gasteiger partial charge in [-0.25, -0.2) is 18.1 Å². The normalized spacial score (nSPS) is 26.4. The molecule has 0 spiro atoms. The minimum atomic E-state index is -3.64. The Morgan fingerprint density at radius 1 is 1.33 bits per heavy atom. The molecule has 2 N–H and O–H groups in total. The molecule has 0 radical (unpaired) electrons. The van der Waals surface area contributed by atoms with E-state index in [0.717, 1.165) is 31.5 Å². The van der Waals surface area contributed by atoms with E-state index in [1.54, 1.807) is 11.1 Å². The number of hydrogen-bond acceptors (Lipinski definition) is 5. The van der Waals surface area contributed by atoms with Crippen LogP contribution in [0.25, 0.3) is 0 Å². The topological polar surface area (TPSA) is 96.3 Å². The third kappa shape index (κ3) is 5.66. The van der Waals surface area contributed by atoms with Crippen molar-refractivity contribution >= 4 is 28.3 Å². The number of aryl methyl sites for hydroxylation is 1. The zero-order valence-corrected chi connectivity index (χ0v) is 17.6. The van der Waals surface area contributed by atoms with E-state index < -0.39 is 15.8 Å². The maximum atomic E-state index is 12.8. The van der Waals surface area contributed by atoms with Crippen LogP contribution < -0.4 is 10.0 Å². The fraction of sp³-hybridized carbons (Fsp3) is 0.765. The van der Waals surface area contributed by atoms with E-state index in [-0.39, 0.29) is 30.4 Å². The zero-order valence-electron chi connectivity index (χ0n) is 15.9. The number of halogens is 1. The molecule has 1 saturated heterocycles. The van der Waals surface area contributed by atoms with E-state index in [4.69, 9.17) is 0 Å². The fourth-order valence-corrected chi connectivity index (χ4v) is 5.17. The number of nitrogens with zero attached hydrogens (tertiary/aromatic N) is 3. The van der Waals surface area contributed by atoms with Gasteiger partial charge in [-0.05, 0) is 31.6 Å². The van der Waals surface area contributed by atoms with E-state index >= 15 is 0 Å². The summed E-state index contributed by atoms with van der Waals surface area (Å²) in [6.07, 6.45) is 7.26. The van der Waals surface area contributed by atoms with Gasteiger partial charge in [-0.2, -0.15) is 0 Å². The predicted octanol–water partition coefficient (Wildman–Crippen LogP) is 0.813. The van der Waals surface area contributed by atoms with Crippen molar-refractivity contribution < 1.29 is 13.2 Å². The SMILES string of the molecule is CC1CCC(NS(=O)(=O)CC(=O)N2CCNCC2c2nccn2C)CC1.Cl. The monoisotopic (exact) mass is 419 g/mol. The van der Waals surface area contributed by atoms with Gasteiger partial charge in [0.1, 0.15) is 17.6 Å². The number of carbonyl (C=O) groups excluding carboxylic acids is 1. The Morgan fingerprint density at radius 3 is 2.67 bits per heavy atom. The molecule has 154 valence electrons. The molecule has 10 heteroatoms. The van der Waals surface area contributed by atoms with Gasteiger partial charge in [0, 0.05) is 45.1 Å². The van der Waals surface area contributed by atoms with E-state index in [2.05, 4.69) is 21.9 Å². The molecule has 0 bridgehead atoms. The third-order valence-electron chi connectivity index (χ3n) is 5.40. The molecule has 2 heterocycles. The van der Waals surface area contributed by atoms with Crippen LogP contribution in [0.2, 0.25) is 0 Å². The standard InChI is InChI=1S/C17H29N5O3S.ClH/c1-13-3-5-14(6-4-13)20-26(24,25)12-16(23)22-10-7-18-11-15(22)17-19-8-9-21(17)2;/h8-9,13-15,18,20H,3-7,10-12H2,1-2H3;1H. The molecule has 1 aromatic rings. The molecule has 8 nitrogen and oxygen atoms in total. The van der Waals surface area contributed by atoms with E-state index in [1.807, 2.05) is 17.8 Å². The number of aromatic nitrogens is 2. The number of carbonyl (C=O) groups is 1. The number of imidazole rings is 1. The van der Waals surface area contributed by atoms with Crippen molar-refractivity contribution in [3.05, 3.63) is 18.2 Å². The van der Waals surface area contributed by atoms with Gasteiger partial charge >= 0.3 is 0 Å². The smallest absolute Gasteiger partial charge is 0.239 e. The van der Waals surface area contributed by atoms with Gasteiger partial charge in [0.2, 0.25) is 15.9 Å². The first-order valence-electron chi connectivity index (χ1n) is 9.33. The molecule has 27 heavy (non-hydrogen) atoms. The molecule has 3 rings (SSSR count). The lowest BCUT2D eigenvalue weighted by Gasteiger charge is -2.36. The molecule has 2 fully saturated rings. The summed E-state index contributed by atoms with van der Waals surface area (Å²) in [6.45, 7) is 3.90. The molecule has 1 aromatic heterocycles. The number of rotatable bonds is 5. The zero-order chi connectivity index (χ0) is 18.7. The molecule has 0 aromatic carbocycles. The highest BCUT2D eigenvalue weighted by Gasteiger charge is 2.33. The number of sulfonamides is 1. The first kappa shape index (κ1) is 22.1. The molecular weight excluding hydrogens is 390 g/mol. The molecule has 2 aliphatic rings. The van der Waals surface area contributed by atoms with Crippen molar-refractivity contribution in [1.82, 2.24) is 24.5 Å². The van der Waals surface area contributed by atoms with Gasteiger partial charge < -0.3 is 14.8 Å². The van der Waals surface area contributed by atoms with Gasteiger partial charge in [-0.1, -0.05) is 6.92 Å². The summed E-state index contributed by atoms with van der Waals surface area (Å²) < 4.78 is 29.6. The minimum Gasteiger partial charge on any atom is -0.336 e. The van der Waals surface area contributed by atoms with E-state index in [9.17, 15) is 13.2 Å². The van der Waals surface area contributed by atoms with Crippen LogP contribution in [0, 0.1) is 5.92 Å². The van der Waals surface area contributed by atoms with Crippen LogP contribution in [-0.2, 0) is 21.9 Å². The molecule has 1 amide bonds. The van der Waals surface area contributed by atoms with Crippen LogP contribution >= 0.6 is 12.4 Å². The van der Waals surface area contributed by atoms with Gasteiger partial charge in [0.05, 0.1) is 0 Å². The summed E-state index contributed by atoms with van der Waals surface area (Å²) >= 11 is 0. The molecule has 1 aliphatic carbocycles. The summed E-state index contributed by atoms with van der Waals surface area (Å²) in [7, 11) is -1.76. The number of hydrogen-bond donors (Lipinski definition) is 2. The quantitative estimate of drug-likeness (QED) is 0.736. The Morgan fingerprint density at radius 2 is 2.04 bits per heavy atom. The average molecular weight is 420 g/mol. The van der Waals surface area contributed by atoms with Crippen molar-refractivity contribution in [2.24, 2.45) is 13.0 Å². The van der Waals surface area contributed by atoms with Crippen molar-refractivity contribution in [3.8, 4) is 0 Å². The summed E-state index contributed by atoms with van der Waals surface area (Å²) in [5.41, 5.74) is 0. The van der Waals surface area contributed by atoms with Crippen LogP contribution in [0.3, 0.4) is 0 Å². The lowest BCUT2D eigenvalue weighted by Crippen LogP contribution is -2.52. The Kier molecular flexibility index (Phi) is 7.67. The second kappa shape index (κ2) is 9.36. The largest absolute Gasteiger partial charge is 0.336 e. The molecule has 1 saturated carbocycles. The highest BCUT2D eigenvalue weighted by Crippen LogP contribution is 2.24. The Labute approximate surface area is 167 Å². The molecule has 1 atom stereocenters. The predicted molar refractivity (Wildman–Crippen MR) is 106 cm³/mol. The molecular formula is C17H30ClN5O3S. The fourth-order valence-electron chi connectivity index (χ4n) is 3.85. The summed E-state index contributed by atoms with van der Waals surface area (Å²) in [5.74, 6) is 0.546. The van der Waals surface area contributed by atoms with E-state index in [0.29, 0.717) is 25.6 Å². The summed E-state index contributed by atoms with van der Waals surface area (Å²) in [5, 5.41) is 3.26. The van der Waals surface area contributed by atoms with Gasteiger partial charge in [0.25, 0.3) is 0 Å².